The first-order valence-electron chi connectivity index (χ1n) is 9.07. The Morgan fingerprint density at radius 3 is 1.26 bits per heavy atom. The lowest BCUT2D eigenvalue weighted by atomic mass is 10.3. The van der Waals surface area contributed by atoms with Crippen molar-refractivity contribution in [2.45, 2.75) is 12.2 Å². The first-order chi connectivity index (χ1) is 14.3. The van der Waals surface area contributed by atoms with Crippen molar-refractivity contribution >= 4 is 31.5 Å². The van der Waals surface area contributed by atoms with E-state index in [9.17, 15) is 33.5 Å². The van der Waals surface area contributed by atoms with Crippen LogP contribution >= 0.6 is 7.60 Å². The molecule has 0 aliphatic heterocycles. The van der Waals surface area contributed by atoms with Crippen molar-refractivity contribution in [1.82, 2.24) is 14.7 Å². The number of hydrogen-bond donors (Lipinski definition) is 7. The average Bonchev–Trinajstić information content (AvgIpc) is 2.57. The van der Waals surface area contributed by atoms with E-state index < -0.39 is 63.4 Å². The van der Waals surface area contributed by atoms with E-state index in [-0.39, 0.29) is 39.1 Å². The molecule has 180 valence electrons. The Morgan fingerprint density at radius 1 is 0.710 bits per heavy atom. The van der Waals surface area contributed by atoms with Crippen LogP contribution in [-0.4, -0.2) is 133 Å². The van der Waals surface area contributed by atoms with E-state index >= 15 is 0 Å². The first-order valence-corrected chi connectivity index (χ1v) is 10.8. The van der Waals surface area contributed by atoms with Crippen molar-refractivity contribution in [2.24, 2.45) is 5.73 Å². The van der Waals surface area contributed by atoms with Gasteiger partial charge in [0, 0.05) is 26.2 Å². The number of aliphatic carboxylic acids is 4. The summed E-state index contributed by atoms with van der Waals surface area (Å²) in [6, 6.07) is 0. The Balaban J connectivity index is 5.53. The highest BCUT2D eigenvalue weighted by molar-refractivity contribution is 7.52. The van der Waals surface area contributed by atoms with E-state index in [1.54, 1.807) is 0 Å². The van der Waals surface area contributed by atoms with Crippen molar-refractivity contribution in [2.75, 3.05) is 58.9 Å². The molecule has 0 radical (unpaired) electrons. The van der Waals surface area contributed by atoms with E-state index in [4.69, 9.17) is 26.2 Å². The Kier molecular flexibility index (Phi) is 13.1. The molecule has 0 aromatic heterocycles. The van der Waals surface area contributed by atoms with E-state index in [2.05, 4.69) is 0 Å². The summed E-state index contributed by atoms with van der Waals surface area (Å²) in [5.41, 5.74) is 5.44. The number of carbonyl (C=O) groups is 4. The van der Waals surface area contributed by atoms with Crippen LogP contribution < -0.4 is 5.73 Å². The molecular weight excluding hydrogens is 443 g/mol. The second-order valence-corrected chi connectivity index (χ2v) is 8.45. The minimum Gasteiger partial charge on any atom is -0.480 e. The average molecular weight is 472 g/mol. The number of carboxylic acid groups (broad SMARTS) is 4. The fourth-order valence-corrected chi connectivity index (χ4v) is 4.00. The summed E-state index contributed by atoms with van der Waals surface area (Å²) in [5.74, 6) is -6.58. The summed E-state index contributed by atoms with van der Waals surface area (Å²) in [5, 5.41) is 35.7. The minimum atomic E-state index is -4.73. The molecule has 16 heteroatoms. The zero-order valence-electron chi connectivity index (χ0n) is 16.7. The Morgan fingerprint density at radius 2 is 1.03 bits per heavy atom. The summed E-state index contributed by atoms with van der Waals surface area (Å²) in [6.45, 7) is -3.31. The Labute approximate surface area is 177 Å². The molecular formula is C15H29N4O11P. The van der Waals surface area contributed by atoms with Crippen LogP contribution in [0.15, 0.2) is 0 Å². The summed E-state index contributed by atoms with van der Waals surface area (Å²) in [7, 11) is -4.73. The predicted octanol–water partition coefficient (Wildman–Crippen LogP) is -2.92. The molecule has 0 amide bonds. The SMILES string of the molecule is NCCC(N(CCN(CC(=O)O)CC(=O)O)CCN(CC(=O)O)CC(=O)O)P(=O)(O)O. The maximum Gasteiger partial charge on any atom is 0.342 e. The molecule has 0 bridgehead atoms. The maximum atomic E-state index is 12.0. The van der Waals surface area contributed by atoms with E-state index in [0.29, 0.717) is 0 Å². The number of nitrogens with two attached hydrogens (primary N) is 1. The standard InChI is InChI=1S/C15H29N4O11P/c16-2-1-11(31(28,29)30)19(5-3-17(7-12(20)21)8-13(22)23)6-4-18(9-14(24)25)10-15(26)27/h11H,1-10,16H2,(H,20,21)(H,22,23)(H,24,25)(H,26,27)(H2,28,29,30). The third kappa shape index (κ3) is 13.7. The van der Waals surface area contributed by atoms with Gasteiger partial charge in [0.2, 0.25) is 0 Å². The first kappa shape index (κ1) is 28.9. The summed E-state index contributed by atoms with van der Waals surface area (Å²) in [4.78, 5) is 66.5. The van der Waals surface area contributed by atoms with Gasteiger partial charge in [0.1, 0.15) is 5.78 Å². The second-order valence-electron chi connectivity index (χ2n) is 6.68. The van der Waals surface area contributed by atoms with Gasteiger partial charge < -0.3 is 35.9 Å². The van der Waals surface area contributed by atoms with E-state index in [1.165, 1.54) is 4.90 Å². The van der Waals surface area contributed by atoms with Crippen LogP contribution in [0, 0.1) is 0 Å². The molecule has 0 aliphatic rings. The molecule has 0 aromatic carbocycles. The van der Waals surface area contributed by atoms with Gasteiger partial charge in [0.15, 0.2) is 0 Å². The van der Waals surface area contributed by atoms with Gasteiger partial charge in [0.25, 0.3) is 0 Å². The van der Waals surface area contributed by atoms with Crippen LogP contribution in [0.3, 0.4) is 0 Å². The van der Waals surface area contributed by atoms with Crippen LogP contribution in [0.4, 0.5) is 0 Å². The normalized spacial score (nSPS) is 13.0. The van der Waals surface area contributed by atoms with Gasteiger partial charge in [-0.05, 0) is 13.0 Å². The molecule has 15 nitrogen and oxygen atoms in total. The van der Waals surface area contributed by atoms with Gasteiger partial charge in [0.05, 0.1) is 26.2 Å². The van der Waals surface area contributed by atoms with Gasteiger partial charge in [-0.1, -0.05) is 0 Å². The molecule has 0 heterocycles. The third-order valence-corrected chi connectivity index (χ3v) is 5.44. The van der Waals surface area contributed by atoms with Crippen LogP contribution in [0.2, 0.25) is 0 Å². The fourth-order valence-electron chi connectivity index (χ4n) is 2.86. The summed E-state index contributed by atoms with van der Waals surface area (Å²) < 4.78 is 12.0. The Bertz CT molecular complexity index is 599. The fraction of sp³-hybridized carbons (Fsp3) is 0.733. The highest BCUT2D eigenvalue weighted by Gasteiger charge is 2.34. The zero-order valence-corrected chi connectivity index (χ0v) is 17.6. The van der Waals surface area contributed by atoms with E-state index in [1.807, 2.05) is 0 Å². The maximum absolute atomic E-state index is 12.0. The topological polar surface area (TPSA) is 242 Å². The van der Waals surface area contributed by atoms with Crippen molar-refractivity contribution < 1.29 is 54.0 Å². The molecule has 0 spiro atoms. The van der Waals surface area contributed by atoms with Gasteiger partial charge in [-0.15, -0.1) is 0 Å². The lowest BCUT2D eigenvalue weighted by Crippen LogP contribution is -2.48. The van der Waals surface area contributed by atoms with Crippen molar-refractivity contribution in [3.63, 3.8) is 0 Å². The van der Waals surface area contributed by atoms with Crippen molar-refractivity contribution in [3.8, 4) is 0 Å². The van der Waals surface area contributed by atoms with Crippen LogP contribution in [0.5, 0.6) is 0 Å². The molecule has 0 aromatic rings. The monoisotopic (exact) mass is 472 g/mol. The Hall–Kier alpha value is -2.13. The minimum absolute atomic E-state index is 0.103. The zero-order chi connectivity index (χ0) is 24.2. The third-order valence-electron chi connectivity index (χ3n) is 4.08. The van der Waals surface area contributed by atoms with Crippen LogP contribution in [0.25, 0.3) is 0 Å². The van der Waals surface area contributed by atoms with Crippen LogP contribution in [-0.2, 0) is 23.7 Å². The number of nitrogens with zero attached hydrogens (tertiary/aromatic N) is 3. The largest absolute Gasteiger partial charge is 0.480 e. The number of carboxylic acids is 4. The highest BCUT2D eigenvalue weighted by atomic mass is 31.2. The van der Waals surface area contributed by atoms with Crippen LogP contribution in [0.1, 0.15) is 6.42 Å². The molecule has 1 unspecified atom stereocenters. The highest BCUT2D eigenvalue weighted by Crippen LogP contribution is 2.44. The van der Waals surface area contributed by atoms with Gasteiger partial charge in [-0.3, -0.25) is 38.4 Å². The summed E-state index contributed by atoms with van der Waals surface area (Å²) >= 11 is 0. The summed E-state index contributed by atoms with van der Waals surface area (Å²) in [6.07, 6.45) is -0.153. The molecule has 0 saturated heterocycles. The van der Waals surface area contributed by atoms with Crippen molar-refractivity contribution in [1.29, 1.82) is 0 Å². The van der Waals surface area contributed by atoms with E-state index in [0.717, 1.165) is 9.80 Å². The molecule has 0 saturated carbocycles. The molecule has 31 heavy (non-hydrogen) atoms. The molecule has 0 rings (SSSR count). The number of rotatable bonds is 18. The molecule has 0 aliphatic carbocycles. The molecule has 0 fully saturated rings. The van der Waals surface area contributed by atoms with Gasteiger partial charge >= 0.3 is 31.5 Å². The smallest absolute Gasteiger partial charge is 0.342 e. The quantitative estimate of drug-likeness (QED) is 0.0988. The number of hydrogen-bond acceptors (Lipinski definition) is 9. The lowest BCUT2D eigenvalue weighted by molar-refractivity contribution is -0.143. The second kappa shape index (κ2) is 14.0. The van der Waals surface area contributed by atoms with Gasteiger partial charge in [-0.2, -0.15) is 0 Å². The lowest BCUT2D eigenvalue weighted by Gasteiger charge is -2.34. The van der Waals surface area contributed by atoms with Crippen molar-refractivity contribution in [3.05, 3.63) is 0 Å². The molecule has 1 atom stereocenters. The molecule has 8 N–H and O–H groups in total. The van der Waals surface area contributed by atoms with Gasteiger partial charge in [-0.25, -0.2) is 0 Å². The predicted molar refractivity (Wildman–Crippen MR) is 104 cm³/mol.